The lowest BCUT2D eigenvalue weighted by atomic mass is 10.0. The molecule has 1 rings (SSSR count). The van der Waals surface area contributed by atoms with Gasteiger partial charge in [0.25, 0.3) is 0 Å². The summed E-state index contributed by atoms with van der Waals surface area (Å²) in [4.78, 5) is 25.4. The summed E-state index contributed by atoms with van der Waals surface area (Å²) < 4.78 is 42.6. The van der Waals surface area contributed by atoms with Gasteiger partial charge < -0.3 is 9.47 Å². The first kappa shape index (κ1) is 20.1. The summed E-state index contributed by atoms with van der Waals surface area (Å²) in [6, 6.07) is -2.31. The van der Waals surface area contributed by atoms with Gasteiger partial charge in [0.2, 0.25) is 0 Å². The first-order chi connectivity index (χ1) is 16.1. The normalized spacial score (nSPS) is 13.0. The molecule has 0 aromatic heterocycles. The number of carbonyl (C=O) groups is 2. The number of esters is 2. The largest absolute Gasteiger partial charge is 0.462 e. The van der Waals surface area contributed by atoms with Gasteiger partial charge in [0.15, 0.2) is 0 Å². The van der Waals surface area contributed by atoms with E-state index in [9.17, 15) is 9.59 Å². The highest BCUT2D eigenvalue weighted by atomic mass is 16.5. The Kier molecular flexibility index (Phi) is 10.7. The van der Waals surface area contributed by atoms with Crippen molar-refractivity contribution in [2.75, 3.05) is 13.2 Å². The third-order valence-electron chi connectivity index (χ3n) is 4.91. The molecule has 170 valence electrons. The maximum Gasteiger partial charge on any atom is 0.339 e. The Hall–Kier alpha value is -1.84. The van der Waals surface area contributed by atoms with E-state index in [-0.39, 0.29) is 13.2 Å². The minimum atomic E-state index is -0.921. The van der Waals surface area contributed by atoms with Crippen LogP contribution in [0.1, 0.15) is 118 Å². The maximum atomic E-state index is 12.7. The molecule has 0 amide bonds. The molecule has 1 aromatic rings. The number of hydrogen-bond donors (Lipinski definition) is 0. The fraction of sp³-hybridized carbons (Fsp3) is 0.692. The summed E-state index contributed by atoms with van der Waals surface area (Å²) >= 11 is 0. The van der Waals surface area contributed by atoms with E-state index in [1.807, 2.05) is 0 Å². The molecule has 0 bridgehead atoms. The van der Waals surface area contributed by atoms with E-state index in [0.717, 1.165) is 51.4 Å². The Bertz CT molecular complexity index is 729. The summed E-state index contributed by atoms with van der Waals surface area (Å²) in [6.45, 7) is 8.99. The summed E-state index contributed by atoms with van der Waals surface area (Å²) in [5.41, 5.74) is -0.902. The Morgan fingerprint density at radius 3 is 1.43 bits per heavy atom. The zero-order chi connectivity index (χ0) is 25.7. The number of benzene rings is 1. The molecule has 0 unspecified atom stereocenters. The first-order valence-electron chi connectivity index (χ1n) is 13.5. The SMILES string of the molecule is [2H][13c]1[13c]([2H])[13c]([2H])[13c](C(=O)OCCCCCCC(C)C)[13c](C(=O)OCCCCCCC(C)C)[13c]1[2H]. The molecule has 0 spiro atoms. The third kappa shape index (κ3) is 12.0. The molecule has 0 saturated heterocycles. The second-order valence-corrected chi connectivity index (χ2v) is 8.72. The lowest BCUT2D eigenvalue weighted by Gasteiger charge is -2.10. The quantitative estimate of drug-likeness (QED) is 0.206. The molecule has 0 aliphatic rings. The van der Waals surface area contributed by atoms with E-state index in [1.54, 1.807) is 0 Å². The van der Waals surface area contributed by atoms with E-state index in [2.05, 4.69) is 27.7 Å². The zero-order valence-electron chi connectivity index (χ0n) is 23.3. The fourth-order valence-corrected chi connectivity index (χ4v) is 3.11. The van der Waals surface area contributed by atoms with Crippen LogP contribution in [0.2, 0.25) is 0 Å². The summed E-state index contributed by atoms with van der Waals surface area (Å²) in [5.74, 6) is -0.520. The van der Waals surface area contributed by atoms with Crippen molar-refractivity contribution in [3.8, 4) is 0 Å². The van der Waals surface area contributed by atoms with Crippen LogP contribution in [0.15, 0.2) is 24.2 Å². The Labute approximate surface area is 189 Å². The van der Waals surface area contributed by atoms with Crippen LogP contribution < -0.4 is 0 Å². The molecular formula is C26H42O4. The molecular weight excluding hydrogens is 382 g/mol. The molecule has 30 heavy (non-hydrogen) atoms. The smallest absolute Gasteiger partial charge is 0.339 e. The minimum absolute atomic E-state index is 0.133. The maximum absolute atomic E-state index is 12.7. The van der Waals surface area contributed by atoms with Crippen LogP contribution in [0.4, 0.5) is 0 Å². The highest BCUT2D eigenvalue weighted by Crippen LogP contribution is 2.14. The average molecular weight is 429 g/mol. The van der Waals surface area contributed by atoms with Crippen molar-refractivity contribution in [2.24, 2.45) is 11.8 Å². The Morgan fingerprint density at radius 1 is 0.700 bits per heavy atom. The van der Waals surface area contributed by atoms with Crippen LogP contribution in [-0.4, -0.2) is 25.2 Å². The van der Waals surface area contributed by atoms with Crippen LogP contribution in [-0.2, 0) is 9.47 Å². The van der Waals surface area contributed by atoms with Gasteiger partial charge in [-0.1, -0.05) is 91.1 Å². The molecule has 1 aromatic carbocycles. The molecule has 4 heteroatoms. The van der Waals surface area contributed by atoms with Gasteiger partial charge in [-0.25, -0.2) is 9.59 Å². The first-order valence-corrected chi connectivity index (χ1v) is 11.5. The van der Waals surface area contributed by atoms with E-state index in [1.165, 1.54) is 0 Å². The fourth-order valence-electron chi connectivity index (χ4n) is 3.11. The van der Waals surface area contributed by atoms with Gasteiger partial charge in [-0.15, -0.1) is 0 Å². The highest BCUT2D eigenvalue weighted by Gasteiger charge is 2.18. The van der Waals surface area contributed by atoms with Gasteiger partial charge >= 0.3 is 11.9 Å². The molecule has 0 aliphatic carbocycles. The monoisotopic (exact) mass is 428 g/mol. The number of hydrogen-bond acceptors (Lipinski definition) is 4. The molecule has 0 N–H and O–H groups in total. The van der Waals surface area contributed by atoms with Gasteiger partial charge in [-0.2, -0.15) is 0 Å². The molecule has 0 heterocycles. The Morgan fingerprint density at radius 2 is 1.07 bits per heavy atom. The van der Waals surface area contributed by atoms with Gasteiger partial charge in [0.1, 0.15) is 0 Å². The van der Waals surface area contributed by atoms with Gasteiger partial charge in [-0.05, 0) is 36.8 Å². The van der Waals surface area contributed by atoms with Crippen molar-refractivity contribution >= 4 is 11.9 Å². The van der Waals surface area contributed by atoms with Crippen molar-refractivity contribution in [3.05, 3.63) is 35.3 Å². The zero-order valence-corrected chi connectivity index (χ0v) is 19.3. The number of ether oxygens (including phenoxy) is 2. The van der Waals surface area contributed by atoms with E-state index in [4.69, 9.17) is 15.0 Å². The van der Waals surface area contributed by atoms with Crippen LogP contribution in [0, 0.1) is 11.8 Å². The minimum Gasteiger partial charge on any atom is -0.462 e. The van der Waals surface area contributed by atoms with E-state index in [0.29, 0.717) is 24.7 Å². The highest BCUT2D eigenvalue weighted by molar-refractivity contribution is 6.03. The summed E-state index contributed by atoms with van der Waals surface area (Å²) in [6.07, 6.45) is 9.74. The second-order valence-electron chi connectivity index (χ2n) is 8.72. The summed E-state index contributed by atoms with van der Waals surface area (Å²) in [5, 5.41) is 0. The standard InChI is InChI=1S/C26H42O4/c1-21(2)15-9-5-7-13-19-29-25(27)23-17-11-12-18-24(23)26(28)30-20-14-8-6-10-16-22(3)4/h11-12,17-18,21-22H,5-10,13-16,19-20H2,1-4H3/i11+1D,12+1D,17+1D,18+1D,23+1,24+1. The van der Waals surface area contributed by atoms with E-state index < -0.39 is 47.2 Å². The Balaban J connectivity index is 2.73. The average Bonchev–Trinajstić information content (AvgIpc) is 2.77. The van der Waals surface area contributed by atoms with Gasteiger partial charge in [0.05, 0.1) is 29.8 Å². The predicted molar refractivity (Wildman–Crippen MR) is 123 cm³/mol. The molecule has 0 aliphatic heterocycles. The molecule has 0 radical (unpaired) electrons. The number of rotatable bonds is 16. The van der Waals surface area contributed by atoms with Crippen LogP contribution >= 0.6 is 0 Å². The topological polar surface area (TPSA) is 52.6 Å². The van der Waals surface area contributed by atoms with Crippen molar-refractivity contribution in [3.63, 3.8) is 0 Å². The van der Waals surface area contributed by atoms with Crippen molar-refractivity contribution < 1.29 is 24.5 Å². The third-order valence-corrected chi connectivity index (χ3v) is 4.91. The lowest BCUT2D eigenvalue weighted by Crippen LogP contribution is -2.15. The number of unbranched alkanes of at least 4 members (excludes halogenated alkanes) is 6. The van der Waals surface area contributed by atoms with Crippen LogP contribution in [0.3, 0.4) is 0 Å². The van der Waals surface area contributed by atoms with Crippen LogP contribution in [0.25, 0.3) is 0 Å². The van der Waals surface area contributed by atoms with Crippen molar-refractivity contribution in [1.82, 2.24) is 0 Å². The number of carbonyl (C=O) groups excluding carboxylic acids is 2. The summed E-state index contributed by atoms with van der Waals surface area (Å²) in [7, 11) is 0. The lowest BCUT2D eigenvalue weighted by molar-refractivity contribution is 0.0450. The molecule has 4 nitrogen and oxygen atoms in total. The second kappa shape index (κ2) is 15.9. The molecule has 0 fully saturated rings. The molecule has 0 saturated carbocycles. The van der Waals surface area contributed by atoms with E-state index >= 15 is 0 Å². The van der Waals surface area contributed by atoms with Crippen molar-refractivity contribution in [1.29, 1.82) is 0 Å². The molecule has 0 atom stereocenters. The predicted octanol–water partition coefficient (Wildman–Crippen LogP) is 7.21. The van der Waals surface area contributed by atoms with Crippen molar-refractivity contribution in [2.45, 2.75) is 91.9 Å². The van der Waals surface area contributed by atoms with Crippen LogP contribution in [0.5, 0.6) is 0 Å². The van der Waals surface area contributed by atoms with Gasteiger partial charge in [0, 0.05) is 0 Å². The van der Waals surface area contributed by atoms with Gasteiger partial charge in [-0.3, -0.25) is 0 Å².